The van der Waals surface area contributed by atoms with Gasteiger partial charge >= 0.3 is 0 Å². The summed E-state index contributed by atoms with van der Waals surface area (Å²) in [6, 6.07) is 7.71. The fraction of sp³-hybridized carbons (Fsp3) is 0.400. The number of carbonyl (C=O) groups excluding carboxylic acids is 1. The van der Waals surface area contributed by atoms with Crippen LogP contribution >= 0.6 is 0 Å². The van der Waals surface area contributed by atoms with Crippen LogP contribution in [0.3, 0.4) is 0 Å². The Balaban J connectivity index is 2.42. The van der Waals surface area contributed by atoms with Gasteiger partial charge < -0.3 is 15.8 Å². The molecule has 0 aromatic heterocycles. The molecule has 4 heteroatoms. The Morgan fingerprint density at radius 1 is 1.47 bits per heavy atom. The van der Waals surface area contributed by atoms with Gasteiger partial charge in [0.25, 0.3) is 0 Å². The fourth-order valence-electron chi connectivity index (χ4n) is 1.47. The normalized spacial score (nSPS) is 9.58. The number of hydrogen-bond donors (Lipinski definition) is 2. The van der Waals surface area contributed by atoms with Gasteiger partial charge in [-0.1, -0.05) is 30.9 Å². The van der Waals surface area contributed by atoms with Gasteiger partial charge in [-0.05, 0) is 24.1 Å². The molecule has 1 rings (SSSR count). The summed E-state index contributed by atoms with van der Waals surface area (Å²) in [5.74, 6) is 5.66. The Bertz CT molecular complexity index is 461. The lowest BCUT2D eigenvalue weighted by molar-refractivity contribution is -0.125. The van der Waals surface area contributed by atoms with Crippen LogP contribution in [-0.2, 0) is 16.1 Å². The van der Waals surface area contributed by atoms with E-state index >= 15 is 0 Å². The molecule has 0 saturated heterocycles. The number of benzene rings is 1. The fourth-order valence-corrected chi connectivity index (χ4v) is 1.47. The molecule has 0 heterocycles. The number of rotatable bonds is 6. The number of ether oxygens (including phenoxy) is 1. The summed E-state index contributed by atoms with van der Waals surface area (Å²) < 4.78 is 5.16. The zero-order valence-corrected chi connectivity index (χ0v) is 11.2. The lowest BCUT2D eigenvalue weighted by atomic mass is 10.1. The van der Waals surface area contributed by atoms with Crippen LogP contribution in [0, 0.1) is 11.8 Å². The molecule has 3 N–H and O–H groups in total. The van der Waals surface area contributed by atoms with Gasteiger partial charge in [0.1, 0.15) is 6.61 Å². The predicted molar refractivity (Wildman–Crippen MR) is 75.3 cm³/mol. The van der Waals surface area contributed by atoms with Crippen LogP contribution in [-0.4, -0.2) is 25.7 Å². The highest BCUT2D eigenvalue weighted by Gasteiger charge is 2.01. The smallest absolute Gasteiger partial charge is 0.246 e. The van der Waals surface area contributed by atoms with Crippen LogP contribution in [0.5, 0.6) is 0 Å². The summed E-state index contributed by atoms with van der Waals surface area (Å²) >= 11 is 0. The van der Waals surface area contributed by atoms with Crippen molar-refractivity contribution in [2.24, 2.45) is 5.73 Å². The van der Waals surface area contributed by atoms with Gasteiger partial charge in [-0.2, -0.15) is 0 Å². The molecule has 0 atom stereocenters. The van der Waals surface area contributed by atoms with E-state index in [1.54, 1.807) is 0 Å². The number of carbonyl (C=O) groups is 1. The van der Waals surface area contributed by atoms with Gasteiger partial charge in [-0.3, -0.25) is 4.79 Å². The van der Waals surface area contributed by atoms with Crippen LogP contribution in [0.4, 0.5) is 0 Å². The largest absolute Gasteiger partial charge is 0.372 e. The van der Waals surface area contributed by atoms with E-state index < -0.39 is 0 Å². The lowest BCUT2D eigenvalue weighted by Gasteiger charge is -2.06. The third-order valence-corrected chi connectivity index (χ3v) is 2.33. The van der Waals surface area contributed by atoms with Crippen LogP contribution in [0.2, 0.25) is 0 Å². The number of nitrogens with one attached hydrogen (secondary N) is 1. The van der Waals surface area contributed by atoms with E-state index in [4.69, 9.17) is 10.5 Å². The first kappa shape index (κ1) is 15.2. The predicted octanol–water partition coefficient (Wildman–Crippen LogP) is 1.04. The molecule has 1 aromatic rings. The van der Waals surface area contributed by atoms with E-state index in [2.05, 4.69) is 17.2 Å². The third-order valence-electron chi connectivity index (χ3n) is 2.33. The molecular formula is C15H20N2O2. The molecule has 0 fully saturated rings. The second-order valence-electron chi connectivity index (χ2n) is 4.04. The highest BCUT2D eigenvalue weighted by atomic mass is 16.5. The topological polar surface area (TPSA) is 64.3 Å². The van der Waals surface area contributed by atoms with Gasteiger partial charge in [0.15, 0.2) is 0 Å². The zero-order valence-electron chi connectivity index (χ0n) is 11.2. The molecular weight excluding hydrogens is 240 g/mol. The molecule has 0 spiro atoms. The average Bonchev–Trinajstić information content (AvgIpc) is 2.44. The van der Waals surface area contributed by atoms with E-state index in [0.717, 1.165) is 17.5 Å². The van der Waals surface area contributed by atoms with E-state index in [1.807, 2.05) is 31.2 Å². The van der Waals surface area contributed by atoms with Crippen molar-refractivity contribution in [3.05, 3.63) is 35.4 Å². The van der Waals surface area contributed by atoms with Crippen molar-refractivity contribution in [2.45, 2.75) is 19.9 Å². The minimum Gasteiger partial charge on any atom is -0.372 e. The first-order chi connectivity index (χ1) is 9.26. The van der Waals surface area contributed by atoms with Gasteiger partial charge in [0, 0.05) is 18.7 Å². The molecule has 0 aliphatic heterocycles. The van der Waals surface area contributed by atoms with Crippen molar-refractivity contribution >= 4 is 5.91 Å². The molecule has 19 heavy (non-hydrogen) atoms. The highest BCUT2D eigenvalue weighted by Crippen LogP contribution is 2.03. The first-order valence-electron chi connectivity index (χ1n) is 6.38. The van der Waals surface area contributed by atoms with Crippen molar-refractivity contribution in [1.29, 1.82) is 0 Å². The van der Waals surface area contributed by atoms with Crippen LogP contribution in [0.25, 0.3) is 0 Å². The maximum atomic E-state index is 11.5. The summed E-state index contributed by atoms with van der Waals surface area (Å²) in [7, 11) is 0. The Morgan fingerprint density at radius 3 is 3.05 bits per heavy atom. The van der Waals surface area contributed by atoms with Crippen LogP contribution in [0.15, 0.2) is 24.3 Å². The Labute approximate surface area is 114 Å². The molecule has 1 amide bonds. The quantitative estimate of drug-likeness (QED) is 0.593. The second kappa shape index (κ2) is 9.15. The Morgan fingerprint density at radius 2 is 2.32 bits per heavy atom. The molecule has 102 valence electrons. The molecule has 0 unspecified atom stereocenters. The Kier molecular flexibility index (Phi) is 7.33. The van der Waals surface area contributed by atoms with E-state index in [1.165, 1.54) is 0 Å². The summed E-state index contributed by atoms with van der Waals surface area (Å²) in [5.41, 5.74) is 7.24. The molecule has 4 nitrogen and oxygen atoms in total. The molecule has 0 saturated carbocycles. The lowest BCUT2D eigenvalue weighted by Crippen LogP contribution is -2.27. The summed E-state index contributed by atoms with van der Waals surface area (Å²) in [4.78, 5) is 11.5. The number of amides is 1. The zero-order chi connectivity index (χ0) is 13.9. The van der Waals surface area contributed by atoms with Gasteiger partial charge in [0.2, 0.25) is 5.91 Å². The molecule has 0 aliphatic carbocycles. The summed E-state index contributed by atoms with van der Waals surface area (Å²) in [6.45, 7) is 3.55. The van der Waals surface area contributed by atoms with Crippen LogP contribution < -0.4 is 11.1 Å². The Hall–Kier alpha value is -1.83. The van der Waals surface area contributed by atoms with E-state index in [9.17, 15) is 4.79 Å². The molecule has 0 bridgehead atoms. The number of hydrogen-bond acceptors (Lipinski definition) is 3. The van der Waals surface area contributed by atoms with Crippen molar-refractivity contribution in [1.82, 2.24) is 5.32 Å². The van der Waals surface area contributed by atoms with E-state index in [0.29, 0.717) is 19.7 Å². The third kappa shape index (κ3) is 6.61. The van der Waals surface area contributed by atoms with Gasteiger partial charge in [-0.25, -0.2) is 0 Å². The molecule has 0 aliphatic rings. The second-order valence-corrected chi connectivity index (χ2v) is 4.04. The van der Waals surface area contributed by atoms with Crippen molar-refractivity contribution in [3.8, 4) is 11.8 Å². The monoisotopic (exact) mass is 260 g/mol. The van der Waals surface area contributed by atoms with Crippen molar-refractivity contribution < 1.29 is 9.53 Å². The van der Waals surface area contributed by atoms with Crippen molar-refractivity contribution in [2.75, 3.05) is 19.8 Å². The SMILES string of the molecule is CCCOCC(=O)NCc1cccc(C#CCN)c1. The highest BCUT2D eigenvalue weighted by molar-refractivity contribution is 5.77. The minimum atomic E-state index is -0.105. The number of nitrogens with two attached hydrogens (primary N) is 1. The van der Waals surface area contributed by atoms with Gasteiger partial charge in [-0.15, -0.1) is 0 Å². The molecule has 0 radical (unpaired) electrons. The van der Waals surface area contributed by atoms with Crippen LogP contribution in [0.1, 0.15) is 24.5 Å². The first-order valence-corrected chi connectivity index (χ1v) is 6.38. The standard InChI is InChI=1S/C15H20N2O2/c1-2-9-19-12-15(18)17-11-14-6-3-5-13(10-14)7-4-8-16/h3,5-6,10H,2,8-9,11-12,16H2,1H3,(H,17,18). The minimum absolute atomic E-state index is 0.105. The summed E-state index contributed by atoms with van der Waals surface area (Å²) in [5, 5.41) is 2.80. The molecule has 1 aromatic carbocycles. The average molecular weight is 260 g/mol. The maximum Gasteiger partial charge on any atom is 0.246 e. The summed E-state index contributed by atoms with van der Waals surface area (Å²) in [6.07, 6.45) is 0.912. The van der Waals surface area contributed by atoms with E-state index in [-0.39, 0.29) is 12.5 Å². The van der Waals surface area contributed by atoms with Gasteiger partial charge in [0.05, 0.1) is 6.54 Å². The maximum absolute atomic E-state index is 11.5. The van der Waals surface area contributed by atoms with Crippen molar-refractivity contribution in [3.63, 3.8) is 0 Å².